The fourth-order valence-electron chi connectivity index (χ4n) is 0.911. The number of aromatic hydroxyl groups is 1. The number of phenols is 1. The summed E-state index contributed by atoms with van der Waals surface area (Å²) in [6.07, 6.45) is 0. The molecule has 0 amide bonds. The highest BCUT2D eigenvalue weighted by molar-refractivity contribution is 5.41. The third-order valence-electron chi connectivity index (χ3n) is 1.51. The van der Waals surface area contributed by atoms with Gasteiger partial charge in [0, 0.05) is 12.7 Å². The molecule has 3 heteroatoms. The standard InChI is InChI=1S/C9H9NO2/c1-12-6-8-3-2-7(5-10)4-9(8)11/h2-4,11H,6H2,1H3. The van der Waals surface area contributed by atoms with E-state index in [1.807, 2.05) is 6.07 Å². The SMILES string of the molecule is COCc1ccc(C#N)cc1O. The first-order valence-corrected chi connectivity index (χ1v) is 3.49. The van der Waals surface area contributed by atoms with Gasteiger partial charge in [-0.25, -0.2) is 0 Å². The van der Waals surface area contributed by atoms with E-state index < -0.39 is 0 Å². The molecule has 12 heavy (non-hydrogen) atoms. The molecule has 0 spiro atoms. The van der Waals surface area contributed by atoms with Gasteiger partial charge in [-0.2, -0.15) is 5.26 Å². The lowest BCUT2D eigenvalue weighted by atomic mass is 10.1. The summed E-state index contributed by atoms with van der Waals surface area (Å²) in [6.45, 7) is 0.359. The summed E-state index contributed by atoms with van der Waals surface area (Å²) < 4.78 is 4.84. The molecule has 0 radical (unpaired) electrons. The highest BCUT2D eigenvalue weighted by atomic mass is 16.5. The zero-order valence-corrected chi connectivity index (χ0v) is 6.74. The number of rotatable bonds is 2. The van der Waals surface area contributed by atoms with Crippen LogP contribution in [0.3, 0.4) is 0 Å². The first-order chi connectivity index (χ1) is 5.77. The number of ether oxygens (including phenoxy) is 1. The van der Waals surface area contributed by atoms with Gasteiger partial charge in [-0.1, -0.05) is 6.07 Å². The Morgan fingerprint density at radius 2 is 2.33 bits per heavy atom. The lowest BCUT2D eigenvalue weighted by Gasteiger charge is -2.02. The molecular weight excluding hydrogens is 154 g/mol. The molecule has 0 heterocycles. The molecule has 62 valence electrons. The van der Waals surface area contributed by atoms with E-state index >= 15 is 0 Å². The van der Waals surface area contributed by atoms with E-state index in [9.17, 15) is 5.11 Å². The molecule has 1 aromatic rings. The normalized spacial score (nSPS) is 9.33. The molecule has 1 aromatic carbocycles. The second-order valence-electron chi connectivity index (χ2n) is 2.39. The fraction of sp³-hybridized carbons (Fsp3) is 0.222. The largest absolute Gasteiger partial charge is 0.508 e. The summed E-state index contributed by atoms with van der Waals surface area (Å²) in [5, 5.41) is 17.8. The van der Waals surface area contributed by atoms with E-state index in [1.165, 1.54) is 6.07 Å². The average molecular weight is 163 g/mol. The number of phenolic OH excluding ortho intramolecular Hbond substituents is 1. The zero-order chi connectivity index (χ0) is 8.97. The molecule has 0 atom stereocenters. The maximum Gasteiger partial charge on any atom is 0.122 e. The van der Waals surface area contributed by atoms with Gasteiger partial charge >= 0.3 is 0 Å². The van der Waals surface area contributed by atoms with Crippen LogP contribution in [0.4, 0.5) is 0 Å². The van der Waals surface area contributed by atoms with Crippen molar-refractivity contribution in [3.63, 3.8) is 0 Å². The van der Waals surface area contributed by atoms with Crippen LogP contribution in [-0.4, -0.2) is 12.2 Å². The van der Waals surface area contributed by atoms with Crippen molar-refractivity contribution in [1.82, 2.24) is 0 Å². The molecule has 0 bridgehead atoms. The Balaban J connectivity index is 2.97. The molecule has 0 aliphatic carbocycles. The predicted octanol–water partition coefficient (Wildman–Crippen LogP) is 1.41. The average Bonchev–Trinajstić information content (AvgIpc) is 2.09. The first kappa shape index (κ1) is 8.57. The third-order valence-corrected chi connectivity index (χ3v) is 1.51. The van der Waals surface area contributed by atoms with Crippen LogP contribution in [-0.2, 0) is 11.3 Å². The summed E-state index contributed by atoms with van der Waals surface area (Å²) in [5.74, 6) is 0.107. The number of nitrogens with zero attached hydrogens (tertiary/aromatic N) is 1. The van der Waals surface area contributed by atoms with Crippen LogP contribution in [0.5, 0.6) is 5.75 Å². The van der Waals surface area contributed by atoms with E-state index in [2.05, 4.69) is 0 Å². The maximum atomic E-state index is 9.32. The monoisotopic (exact) mass is 163 g/mol. The molecule has 0 aromatic heterocycles. The van der Waals surface area contributed by atoms with Crippen molar-refractivity contribution in [3.05, 3.63) is 29.3 Å². The summed E-state index contributed by atoms with van der Waals surface area (Å²) in [4.78, 5) is 0. The van der Waals surface area contributed by atoms with Gasteiger partial charge in [-0.15, -0.1) is 0 Å². The summed E-state index contributed by atoms with van der Waals surface area (Å²) >= 11 is 0. The van der Waals surface area contributed by atoms with Gasteiger partial charge in [0.25, 0.3) is 0 Å². The lowest BCUT2D eigenvalue weighted by molar-refractivity contribution is 0.182. The maximum absolute atomic E-state index is 9.32. The Hall–Kier alpha value is -1.53. The highest BCUT2D eigenvalue weighted by Crippen LogP contribution is 2.18. The van der Waals surface area contributed by atoms with Gasteiger partial charge in [0.05, 0.1) is 18.2 Å². The van der Waals surface area contributed by atoms with Gasteiger partial charge in [-0.05, 0) is 12.1 Å². The van der Waals surface area contributed by atoms with Crippen molar-refractivity contribution in [2.75, 3.05) is 7.11 Å². The van der Waals surface area contributed by atoms with Gasteiger partial charge in [-0.3, -0.25) is 0 Å². The molecule has 0 aliphatic rings. The number of benzene rings is 1. The van der Waals surface area contributed by atoms with E-state index in [0.29, 0.717) is 17.7 Å². The van der Waals surface area contributed by atoms with Crippen molar-refractivity contribution < 1.29 is 9.84 Å². The Labute approximate surface area is 70.8 Å². The third kappa shape index (κ3) is 1.74. The Morgan fingerprint density at radius 1 is 1.58 bits per heavy atom. The molecule has 3 nitrogen and oxygen atoms in total. The van der Waals surface area contributed by atoms with Crippen LogP contribution < -0.4 is 0 Å². The number of methoxy groups -OCH3 is 1. The van der Waals surface area contributed by atoms with Crippen molar-refractivity contribution >= 4 is 0 Å². The molecule has 0 saturated heterocycles. The predicted molar refractivity (Wildman–Crippen MR) is 43.5 cm³/mol. The topological polar surface area (TPSA) is 53.2 Å². The number of hydrogen-bond donors (Lipinski definition) is 1. The molecule has 1 rings (SSSR count). The van der Waals surface area contributed by atoms with E-state index in [-0.39, 0.29) is 5.75 Å². The zero-order valence-electron chi connectivity index (χ0n) is 6.74. The summed E-state index contributed by atoms with van der Waals surface area (Å²) in [7, 11) is 1.55. The van der Waals surface area contributed by atoms with Crippen LogP contribution in [0.25, 0.3) is 0 Å². The van der Waals surface area contributed by atoms with Gasteiger partial charge < -0.3 is 9.84 Å². The van der Waals surface area contributed by atoms with Crippen LogP contribution >= 0.6 is 0 Å². The van der Waals surface area contributed by atoms with E-state index in [4.69, 9.17) is 10.00 Å². The molecule has 0 unspecified atom stereocenters. The lowest BCUT2D eigenvalue weighted by Crippen LogP contribution is -1.88. The van der Waals surface area contributed by atoms with Crippen molar-refractivity contribution in [1.29, 1.82) is 5.26 Å². The van der Waals surface area contributed by atoms with Crippen molar-refractivity contribution in [2.24, 2.45) is 0 Å². The van der Waals surface area contributed by atoms with E-state index in [0.717, 1.165) is 0 Å². The molecule has 0 aliphatic heterocycles. The van der Waals surface area contributed by atoms with Gasteiger partial charge in [0.15, 0.2) is 0 Å². The summed E-state index contributed by atoms with van der Waals surface area (Å²) in [6, 6.07) is 6.69. The van der Waals surface area contributed by atoms with Crippen LogP contribution in [0.15, 0.2) is 18.2 Å². The molecule has 0 fully saturated rings. The van der Waals surface area contributed by atoms with Crippen LogP contribution in [0.2, 0.25) is 0 Å². The van der Waals surface area contributed by atoms with Gasteiger partial charge in [0.2, 0.25) is 0 Å². The Bertz CT molecular complexity index is 315. The van der Waals surface area contributed by atoms with Crippen LogP contribution in [0, 0.1) is 11.3 Å². The number of hydrogen-bond acceptors (Lipinski definition) is 3. The first-order valence-electron chi connectivity index (χ1n) is 3.49. The minimum atomic E-state index is 0.107. The quantitative estimate of drug-likeness (QED) is 0.717. The molecular formula is C9H9NO2. The van der Waals surface area contributed by atoms with Gasteiger partial charge in [0.1, 0.15) is 5.75 Å². The Morgan fingerprint density at radius 3 is 2.83 bits per heavy atom. The molecule has 0 saturated carbocycles. The Kier molecular flexibility index (Phi) is 2.67. The van der Waals surface area contributed by atoms with Crippen molar-refractivity contribution in [3.8, 4) is 11.8 Å². The second-order valence-corrected chi connectivity index (χ2v) is 2.39. The fourth-order valence-corrected chi connectivity index (χ4v) is 0.911. The smallest absolute Gasteiger partial charge is 0.122 e. The highest BCUT2D eigenvalue weighted by Gasteiger charge is 2.00. The summed E-state index contributed by atoms with van der Waals surface area (Å²) in [5.41, 5.74) is 1.14. The second kappa shape index (κ2) is 3.74. The molecule has 1 N–H and O–H groups in total. The van der Waals surface area contributed by atoms with Crippen LogP contribution in [0.1, 0.15) is 11.1 Å². The number of nitriles is 1. The minimum Gasteiger partial charge on any atom is -0.508 e. The van der Waals surface area contributed by atoms with Crippen molar-refractivity contribution in [2.45, 2.75) is 6.61 Å². The minimum absolute atomic E-state index is 0.107. The van der Waals surface area contributed by atoms with E-state index in [1.54, 1.807) is 19.2 Å².